The first-order valence-corrected chi connectivity index (χ1v) is 10.8. The zero-order valence-corrected chi connectivity index (χ0v) is 16.6. The van der Waals surface area contributed by atoms with E-state index in [0.29, 0.717) is 6.61 Å². The van der Waals surface area contributed by atoms with E-state index in [4.69, 9.17) is 4.52 Å². The first kappa shape index (κ1) is 19.9. The van der Waals surface area contributed by atoms with Gasteiger partial charge in [-0.25, -0.2) is 0 Å². The molecule has 2 rings (SSSR count). The minimum absolute atomic E-state index is 0.0951. The van der Waals surface area contributed by atoms with Crippen LogP contribution in [0, 0.1) is 5.92 Å². The lowest BCUT2D eigenvalue weighted by Gasteiger charge is -2.34. The summed E-state index contributed by atoms with van der Waals surface area (Å²) >= 11 is 0. The van der Waals surface area contributed by atoms with E-state index < -0.39 is 7.37 Å². The Hall–Kier alpha value is -1.41. The normalized spacial score (nSPS) is 17.4. The predicted molar refractivity (Wildman–Crippen MR) is 107 cm³/mol. The molecule has 0 aliphatic carbocycles. The molecular formula is C21H30NO2P. The Morgan fingerprint density at radius 1 is 0.960 bits per heavy atom. The van der Waals surface area contributed by atoms with Crippen LogP contribution in [0.3, 0.4) is 0 Å². The van der Waals surface area contributed by atoms with Crippen LogP contribution in [0.5, 0.6) is 0 Å². The van der Waals surface area contributed by atoms with Crippen LogP contribution < -0.4 is 10.6 Å². The summed E-state index contributed by atoms with van der Waals surface area (Å²) in [4.78, 5) is 0. The molecular weight excluding hydrogens is 329 g/mol. The van der Waals surface area contributed by atoms with Crippen molar-refractivity contribution in [2.45, 2.75) is 45.9 Å². The number of hydrogen-bond donors (Lipinski definition) is 1. The summed E-state index contributed by atoms with van der Waals surface area (Å²) in [5.41, 5.74) is 1.19. The van der Waals surface area contributed by atoms with Crippen LogP contribution >= 0.6 is 7.37 Å². The zero-order chi connectivity index (χ0) is 18.3. The maximum absolute atomic E-state index is 14.0. The van der Waals surface area contributed by atoms with E-state index in [1.54, 1.807) is 0 Å². The van der Waals surface area contributed by atoms with Gasteiger partial charge in [0, 0.05) is 11.3 Å². The summed E-state index contributed by atoms with van der Waals surface area (Å²) in [6.07, 6.45) is 0.934. The molecule has 3 nitrogen and oxygen atoms in total. The fourth-order valence-corrected chi connectivity index (χ4v) is 5.96. The molecule has 136 valence electrons. The van der Waals surface area contributed by atoms with Crippen LogP contribution in [0.2, 0.25) is 0 Å². The van der Waals surface area contributed by atoms with Crippen LogP contribution in [0.1, 0.15) is 45.7 Å². The molecule has 0 aliphatic heterocycles. The fraction of sp³-hybridized carbons (Fsp3) is 0.429. The van der Waals surface area contributed by atoms with Gasteiger partial charge in [0.1, 0.15) is 0 Å². The first-order valence-electron chi connectivity index (χ1n) is 9.13. The lowest BCUT2D eigenvalue weighted by Crippen LogP contribution is -2.39. The highest BCUT2D eigenvalue weighted by atomic mass is 31.2. The van der Waals surface area contributed by atoms with Gasteiger partial charge in [0.2, 0.25) is 7.37 Å². The molecule has 0 radical (unpaired) electrons. The van der Waals surface area contributed by atoms with Crippen molar-refractivity contribution < 1.29 is 9.09 Å². The minimum atomic E-state index is -3.04. The largest absolute Gasteiger partial charge is 0.325 e. The summed E-state index contributed by atoms with van der Waals surface area (Å²) in [7, 11) is -3.04. The van der Waals surface area contributed by atoms with Crippen molar-refractivity contribution >= 4 is 12.7 Å². The van der Waals surface area contributed by atoms with Gasteiger partial charge in [0.15, 0.2) is 0 Å². The van der Waals surface area contributed by atoms with Crippen molar-refractivity contribution in [2.24, 2.45) is 5.92 Å². The van der Waals surface area contributed by atoms with Crippen molar-refractivity contribution in [3.05, 3.63) is 66.2 Å². The Balaban J connectivity index is 2.38. The Bertz CT molecular complexity index is 675. The van der Waals surface area contributed by atoms with Gasteiger partial charge in [0.25, 0.3) is 0 Å². The minimum Gasteiger partial charge on any atom is -0.325 e. The summed E-state index contributed by atoms with van der Waals surface area (Å²) in [5.74, 6) is -0.00110. The summed E-state index contributed by atoms with van der Waals surface area (Å²) in [5, 5.41) is 4.41. The molecule has 0 bridgehead atoms. The quantitative estimate of drug-likeness (QED) is 0.613. The monoisotopic (exact) mass is 359 g/mol. The van der Waals surface area contributed by atoms with Crippen LogP contribution in [-0.4, -0.2) is 12.4 Å². The molecule has 4 atom stereocenters. The average molecular weight is 359 g/mol. The topological polar surface area (TPSA) is 38.3 Å². The van der Waals surface area contributed by atoms with E-state index >= 15 is 0 Å². The van der Waals surface area contributed by atoms with E-state index in [9.17, 15) is 4.57 Å². The Morgan fingerprint density at radius 2 is 1.52 bits per heavy atom. The SMILES string of the molecule is CCOP(=O)(c1ccccc1)C(N[C@@H](C)c1ccccc1)C(C)CC. The van der Waals surface area contributed by atoms with Crippen LogP contribution in [0.15, 0.2) is 60.7 Å². The maximum Gasteiger partial charge on any atom is 0.248 e. The maximum atomic E-state index is 14.0. The van der Waals surface area contributed by atoms with Gasteiger partial charge in [-0.05, 0) is 37.5 Å². The molecule has 0 aromatic heterocycles. The number of nitrogens with one attached hydrogen (secondary N) is 1. The van der Waals surface area contributed by atoms with Crippen molar-refractivity contribution in [3.8, 4) is 0 Å². The molecule has 25 heavy (non-hydrogen) atoms. The molecule has 2 aromatic carbocycles. The lowest BCUT2D eigenvalue weighted by atomic mass is 10.1. The van der Waals surface area contributed by atoms with Crippen molar-refractivity contribution in [2.75, 3.05) is 6.61 Å². The molecule has 1 N–H and O–H groups in total. The molecule has 0 aliphatic rings. The Morgan fingerprint density at radius 3 is 2.04 bits per heavy atom. The molecule has 0 fully saturated rings. The summed E-state index contributed by atoms with van der Waals surface area (Å²) < 4.78 is 19.9. The van der Waals surface area contributed by atoms with E-state index in [2.05, 4.69) is 38.2 Å². The third-order valence-corrected chi connectivity index (χ3v) is 7.76. The van der Waals surface area contributed by atoms with Gasteiger partial charge in [0.05, 0.1) is 12.4 Å². The Labute approximate surface area is 152 Å². The zero-order valence-electron chi connectivity index (χ0n) is 15.7. The highest BCUT2D eigenvalue weighted by molar-refractivity contribution is 7.67. The molecule has 0 heterocycles. The van der Waals surface area contributed by atoms with E-state index in [1.807, 2.05) is 55.5 Å². The average Bonchev–Trinajstić information content (AvgIpc) is 2.66. The van der Waals surface area contributed by atoms with Gasteiger partial charge in [-0.3, -0.25) is 9.88 Å². The summed E-state index contributed by atoms with van der Waals surface area (Å²) in [6, 6.07) is 20.0. The highest BCUT2D eigenvalue weighted by Gasteiger charge is 2.39. The fourth-order valence-electron chi connectivity index (χ4n) is 3.06. The van der Waals surface area contributed by atoms with Crippen molar-refractivity contribution in [1.82, 2.24) is 5.32 Å². The first-order chi connectivity index (χ1) is 12.0. The lowest BCUT2D eigenvalue weighted by molar-refractivity contribution is 0.303. The molecule has 4 heteroatoms. The second kappa shape index (κ2) is 9.33. The molecule has 0 spiro atoms. The van der Waals surface area contributed by atoms with Gasteiger partial charge in [-0.15, -0.1) is 0 Å². The van der Waals surface area contributed by atoms with Crippen molar-refractivity contribution in [3.63, 3.8) is 0 Å². The Kier molecular flexibility index (Phi) is 7.43. The van der Waals surface area contributed by atoms with E-state index in [1.165, 1.54) is 5.56 Å². The van der Waals surface area contributed by atoms with E-state index in [-0.39, 0.29) is 17.7 Å². The molecule has 0 saturated heterocycles. The standard InChI is InChI=1S/C21H30NO2P/c1-5-17(3)21(22-18(4)19-13-9-7-10-14-19)25(23,24-6-2)20-15-11-8-12-16-20/h7-18,21-22H,5-6H2,1-4H3/t17?,18-,21?,25?/m0/s1. The van der Waals surface area contributed by atoms with E-state index in [0.717, 1.165) is 11.7 Å². The van der Waals surface area contributed by atoms with Crippen LogP contribution in [0.25, 0.3) is 0 Å². The van der Waals surface area contributed by atoms with Crippen LogP contribution in [0.4, 0.5) is 0 Å². The molecule has 0 saturated carbocycles. The third kappa shape index (κ3) is 4.82. The predicted octanol–water partition coefficient (Wildman–Crippen LogP) is 5.35. The van der Waals surface area contributed by atoms with Gasteiger partial charge < -0.3 is 4.52 Å². The highest BCUT2D eigenvalue weighted by Crippen LogP contribution is 2.53. The molecule has 0 amide bonds. The van der Waals surface area contributed by atoms with Crippen molar-refractivity contribution in [1.29, 1.82) is 0 Å². The van der Waals surface area contributed by atoms with Crippen LogP contribution in [-0.2, 0) is 9.09 Å². The molecule has 3 unspecified atom stereocenters. The second-order valence-corrected chi connectivity index (χ2v) is 9.00. The third-order valence-electron chi connectivity index (χ3n) is 4.71. The molecule has 2 aromatic rings. The van der Waals surface area contributed by atoms with Gasteiger partial charge in [-0.1, -0.05) is 68.8 Å². The van der Waals surface area contributed by atoms with Gasteiger partial charge >= 0.3 is 0 Å². The smallest absolute Gasteiger partial charge is 0.248 e. The number of hydrogen-bond acceptors (Lipinski definition) is 3. The number of rotatable bonds is 9. The van der Waals surface area contributed by atoms with Gasteiger partial charge in [-0.2, -0.15) is 0 Å². The second-order valence-electron chi connectivity index (χ2n) is 6.48. The summed E-state index contributed by atoms with van der Waals surface area (Å²) in [6.45, 7) is 8.73. The number of benzene rings is 2.